The van der Waals surface area contributed by atoms with Crippen molar-refractivity contribution in [1.29, 1.82) is 0 Å². The first-order valence-corrected chi connectivity index (χ1v) is 6.49. The summed E-state index contributed by atoms with van der Waals surface area (Å²) in [5, 5.41) is 0.766. The van der Waals surface area contributed by atoms with Gasteiger partial charge < -0.3 is 9.72 Å². The Labute approximate surface area is 124 Å². The van der Waals surface area contributed by atoms with Gasteiger partial charge in [-0.15, -0.1) is 0 Å². The monoisotopic (exact) mass is 306 g/mol. The quantitative estimate of drug-likeness (QED) is 0.573. The highest BCUT2D eigenvalue weighted by atomic mass is 35.5. The summed E-state index contributed by atoms with van der Waals surface area (Å²) in [6.07, 6.45) is 1.57. The number of carbonyl (C=O) groups is 1. The molecule has 0 aliphatic rings. The zero-order valence-corrected chi connectivity index (χ0v) is 11.6. The number of ether oxygens (including phenoxy) is 1. The molecule has 1 heterocycles. The maximum Gasteiger partial charge on any atom is 0.343 e. The lowest BCUT2D eigenvalue weighted by atomic mass is 10.2. The van der Waals surface area contributed by atoms with Crippen LogP contribution in [0.3, 0.4) is 0 Å². The van der Waals surface area contributed by atoms with Gasteiger partial charge in [0.15, 0.2) is 0 Å². The molecule has 3 rings (SSSR count). The first-order chi connectivity index (χ1) is 9.63. The van der Waals surface area contributed by atoms with Gasteiger partial charge in [-0.05, 0) is 36.4 Å². The number of fused-ring (bicyclic) bond motifs is 1. The van der Waals surface area contributed by atoms with Crippen LogP contribution in [0.15, 0.2) is 42.7 Å². The minimum absolute atomic E-state index is 0.269. The number of nitrogens with one attached hydrogen (secondary N) is 1. The fourth-order valence-corrected chi connectivity index (χ4v) is 2.23. The fraction of sp³-hybridized carbons (Fsp3) is 0. The van der Waals surface area contributed by atoms with E-state index in [1.54, 1.807) is 36.7 Å². The van der Waals surface area contributed by atoms with Gasteiger partial charge in [-0.3, -0.25) is 0 Å². The van der Waals surface area contributed by atoms with Crippen molar-refractivity contribution in [3.8, 4) is 5.75 Å². The molecule has 0 atom stereocenters. The van der Waals surface area contributed by atoms with Gasteiger partial charge in [-0.2, -0.15) is 0 Å². The van der Waals surface area contributed by atoms with Crippen molar-refractivity contribution < 1.29 is 9.53 Å². The van der Waals surface area contributed by atoms with Crippen molar-refractivity contribution in [1.82, 2.24) is 9.97 Å². The Morgan fingerprint density at radius 1 is 1.15 bits per heavy atom. The van der Waals surface area contributed by atoms with Crippen LogP contribution in [-0.2, 0) is 0 Å². The molecule has 1 aromatic heterocycles. The SMILES string of the molecule is O=C(Oc1ccc(Cl)cc1Cl)c1ccc2nc[nH]c2c1. The summed E-state index contributed by atoms with van der Waals surface area (Å²) in [5.41, 5.74) is 1.96. The van der Waals surface area contributed by atoms with E-state index in [9.17, 15) is 4.79 Å². The van der Waals surface area contributed by atoms with Crippen molar-refractivity contribution in [3.63, 3.8) is 0 Å². The molecule has 0 bridgehead atoms. The molecular formula is C14H8Cl2N2O2. The summed E-state index contributed by atoms with van der Waals surface area (Å²) >= 11 is 11.7. The molecule has 0 fully saturated rings. The number of benzene rings is 2. The molecule has 20 heavy (non-hydrogen) atoms. The van der Waals surface area contributed by atoms with Gasteiger partial charge in [0, 0.05) is 5.02 Å². The highest BCUT2D eigenvalue weighted by molar-refractivity contribution is 6.35. The molecule has 1 N–H and O–H groups in total. The largest absolute Gasteiger partial charge is 0.421 e. The highest BCUT2D eigenvalue weighted by Gasteiger charge is 2.12. The van der Waals surface area contributed by atoms with Gasteiger partial charge in [-0.25, -0.2) is 9.78 Å². The zero-order chi connectivity index (χ0) is 14.1. The molecule has 0 radical (unpaired) electrons. The van der Waals surface area contributed by atoms with Gasteiger partial charge in [-0.1, -0.05) is 23.2 Å². The number of aromatic amines is 1. The lowest BCUT2D eigenvalue weighted by Gasteiger charge is -2.06. The average Bonchev–Trinajstić information content (AvgIpc) is 2.89. The van der Waals surface area contributed by atoms with Crippen LogP contribution in [0.1, 0.15) is 10.4 Å². The maximum atomic E-state index is 12.1. The van der Waals surface area contributed by atoms with Crippen molar-refractivity contribution in [2.24, 2.45) is 0 Å². The van der Waals surface area contributed by atoms with Crippen LogP contribution < -0.4 is 4.74 Å². The Balaban J connectivity index is 1.88. The van der Waals surface area contributed by atoms with E-state index >= 15 is 0 Å². The summed E-state index contributed by atoms with van der Waals surface area (Å²) < 4.78 is 5.25. The maximum absolute atomic E-state index is 12.1. The number of nitrogens with zero attached hydrogens (tertiary/aromatic N) is 1. The number of halogens is 2. The standard InChI is InChI=1S/C14H8Cl2N2O2/c15-9-2-4-13(10(16)6-9)20-14(19)8-1-3-11-12(5-8)18-7-17-11/h1-7H,(H,17,18). The normalized spacial score (nSPS) is 10.7. The molecule has 2 aromatic carbocycles. The van der Waals surface area contributed by atoms with E-state index in [0.717, 1.165) is 11.0 Å². The Morgan fingerprint density at radius 3 is 2.80 bits per heavy atom. The lowest BCUT2D eigenvalue weighted by molar-refractivity contribution is 0.0735. The molecule has 4 nitrogen and oxygen atoms in total. The van der Waals surface area contributed by atoms with E-state index in [1.165, 1.54) is 6.07 Å². The molecular weight excluding hydrogens is 299 g/mol. The van der Waals surface area contributed by atoms with Gasteiger partial charge in [0.05, 0.1) is 27.9 Å². The zero-order valence-electron chi connectivity index (χ0n) is 10.1. The van der Waals surface area contributed by atoms with Crippen LogP contribution in [0.25, 0.3) is 11.0 Å². The summed E-state index contributed by atoms with van der Waals surface area (Å²) in [7, 11) is 0. The van der Waals surface area contributed by atoms with E-state index in [4.69, 9.17) is 27.9 Å². The Hall–Kier alpha value is -2.04. The minimum Gasteiger partial charge on any atom is -0.421 e. The molecule has 0 aliphatic heterocycles. The predicted molar refractivity (Wildman–Crippen MR) is 77.5 cm³/mol. The van der Waals surface area contributed by atoms with Crippen LogP contribution in [0.2, 0.25) is 10.0 Å². The number of esters is 1. The van der Waals surface area contributed by atoms with Crippen molar-refractivity contribution in [2.75, 3.05) is 0 Å². The number of aromatic nitrogens is 2. The topological polar surface area (TPSA) is 55.0 Å². The summed E-state index contributed by atoms with van der Waals surface area (Å²) in [5.74, 6) is -0.225. The fourth-order valence-electron chi connectivity index (χ4n) is 1.78. The molecule has 3 aromatic rings. The third-order valence-electron chi connectivity index (χ3n) is 2.75. The molecule has 0 aliphatic carbocycles. The second-order valence-electron chi connectivity index (χ2n) is 4.10. The highest BCUT2D eigenvalue weighted by Crippen LogP contribution is 2.28. The molecule has 0 saturated carbocycles. The minimum atomic E-state index is -0.495. The van der Waals surface area contributed by atoms with E-state index in [2.05, 4.69) is 9.97 Å². The first kappa shape index (κ1) is 13.0. The Morgan fingerprint density at radius 2 is 2.00 bits per heavy atom. The number of H-pyrrole nitrogens is 1. The van der Waals surface area contributed by atoms with E-state index < -0.39 is 5.97 Å². The van der Waals surface area contributed by atoms with Crippen LogP contribution in [0.5, 0.6) is 5.75 Å². The summed E-state index contributed by atoms with van der Waals surface area (Å²) in [6.45, 7) is 0. The number of hydrogen-bond donors (Lipinski definition) is 1. The number of imidazole rings is 1. The van der Waals surface area contributed by atoms with E-state index in [1.807, 2.05) is 0 Å². The van der Waals surface area contributed by atoms with Gasteiger partial charge in [0.1, 0.15) is 5.75 Å². The number of rotatable bonds is 2. The van der Waals surface area contributed by atoms with E-state index in [-0.39, 0.29) is 10.8 Å². The molecule has 0 amide bonds. The second-order valence-corrected chi connectivity index (χ2v) is 4.94. The second kappa shape index (κ2) is 5.15. The van der Waals surface area contributed by atoms with Crippen molar-refractivity contribution in [3.05, 3.63) is 58.3 Å². The Kier molecular flexibility index (Phi) is 3.34. The van der Waals surface area contributed by atoms with E-state index in [0.29, 0.717) is 10.6 Å². The molecule has 6 heteroatoms. The van der Waals surface area contributed by atoms with Crippen molar-refractivity contribution >= 4 is 40.2 Å². The van der Waals surface area contributed by atoms with Crippen LogP contribution >= 0.6 is 23.2 Å². The van der Waals surface area contributed by atoms with Gasteiger partial charge in [0.25, 0.3) is 0 Å². The smallest absolute Gasteiger partial charge is 0.343 e. The molecule has 100 valence electrons. The third-order valence-corrected chi connectivity index (χ3v) is 3.28. The molecule has 0 spiro atoms. The molecule has 0 saturated heterocycles. The molecule has 0 unspecified atom stereocenters. The van der Waals surface area contributed by atoms with Crippen molar-refractivity contribution in [2.45, 2.75) is 0 Å². The predicted octanol–water partition coefficient (Wildman–Crippen LogP) is 4.09. The third kappa shape index (κ3) is 2.48. The summed E-state index contributed by atoms with van der Waals surface area (Å²) in [4.78, 5) is 19.1. The van der Waals surface area contributed by atoms with Crippen LogP contribution in [-0.4, -0.2) is 15.9 Å². The summed E-state index contributed by atoms with van der Waals surface area (Å²) in [6, 6.07) is 9.74. The Bertz CT molecular complexity index is 799. The number of hydrogen-bond acceptors (Lipinski definition) is 3. The first-order valence-electron chi connectivity index (χ1n) is 5.74. The van der Waals surface area contributed by atoms with Crippen LogP contribution in [0, 0.1) is 0 Å². The lowest BCUT2D eigenvalue weighted by Crippen LogP contribution is -2.08. The van der Waals surface area contributed by atoms with Gasteiger partial charge in [0.2, 0.25) is 0 Å². The average molecular weight is 307 g/mol. The van der Waals surface area contributed by atoms with Gasteiger partial charge >= 0.3 is 5.97 Å². The van der Waals surface area contributed by atoms with Crippen LogP contribution in [0.4, 0.5) is 0 Å². The number of carbonyl (C=O) groups excluding carboxylic acids is 1.